The minimum Gasteiger partial charge on any atom is -0.342 e. The molecule has 0 bridgehead atoms. The molecule has 2 fully saturated rings. The number of rotatable bonds is 6. The molecular weight excluding hydrogens is 296 g/mol. The Morgan fingerprint density at radius 1 is 1.08 bits per heavy atom. The van der Waals surface area contributed by atoms with Crippen LogP contribution in [-0.2, 0) is 11.3 Å². The molecular formula is C21H32N2O. The topological polar surface area (TPSA) is 23.6 Å². The maximum atomic E-state index is 12.9. The summed E-state index contributed by atoms with van der Waals surface area (Å²) >= 11 is 0. The van der Waals surface area contributed by atoms with Gasteiger partial charge in [0.05, 0.1) is 6.54 Å². The van der Waals surface area contributed by atoms with Crippen molar-refractivity contribution in [1.82, 2.24) is 9.80 Å². The van der Waals surface area contributed by atoms with Crippen molar-refractivity contribution < 1.29 is 4.79 Å². The molecule has 1 atom stereocenters. The standard InChI is InChI=1S/C21H32N2O/c1-18(20-12-13-20)23(16-19-10-6-5-7-11-19)17-21(24)22-14-8-3-2-4-9-15-22/h5-7,10-11,18,20H,2-4,8-9,12-17H2,1H3. The molecule has 1 amide bonds. The lowest BCUT2D eigenvalue weighted by Gasteiger charge is -2.32. The molecule has 3 rings (SSSR count). The highest BCUT2D eigenvalue weighted by atomic mass is 16.2. The highest BCUT2D eigenvalue weighted by Gasteiger charge is 2.33. The lowest BCUT2D eigenvalue weighted by Crippen LogP contribution is -2.45. The smallest absolute Gasteiger partial charge is 0.236 e. The Hall–Kier alpha value is -1.35. The van der Waals surface area contributed by atoms with E-state index in [9.17, 15) is 4.79 Å². The van der Waals surface area contributed by atoms with Crippen molar-refractivity contribution in [3.05, 3.63) is 35.9 Å². The summed E-state index contributed by atoms with van der Waals surface area (Å²) in [6.45, 7) is 5.68. The van der Waals surface area contributed by atoms with E-state index in [2.05, 4.69) is 47.1 Å². The quantitative estimate of drug-likeness (QED) is 0.785. The molecule has 3 heteroatoms. The van der Waals surface area contributed by atoms with Crippen LogP contribution in [0.2, 0.25) is 0 Å². The van der Waals surface area contributed by atoms with E-state index in [1.807, 2.05) is 0 Å². The molecule has 0 N–H and O–H groups in total. The van der Waals surface area contributed by atoms with Gasteiger partial charge in [-0.15, -0.1) is 0 Å². The number of nitrogens with zero attached hydrogens (tertiary/aromatic N) is 2. The molecule has 132 valence electrons. The van der Waals surface area contributed by atoms with E-state index in [4.69, 9.17) is 0 Å². The van der Waals surface area contributed by atoms with Crippen LogP contribution < -0.4 is 0 Å². The maximum absolute atomic E-state index is 12.9. The SMILES string of the molecule is CC(C1CC1)N(CC(=O)N1CCCCCCC1)Cc1ccccc1. The highest BCUT2D eigenvalue weighted by molar-refractivity contribution is 5.78. The molecule has 0 aromatic heterocycles. The van der Waals surface area contributed by atoms with Gasteiger partial charge in [0.25, 0.3) is 0 Å². The third-order valence-corrected chi connectivity index (χ3v) is 5.66. The summed E-state index contributed by atoms with van der Waals surface area (Å²) in [5.74, 6) is 1.12. The first kappa shape index (κ1) is 17.5. The van der Waals surface area contributed by atoms with E-state index in [1.165, 1.54) is 50.5 Å². The van der Waals surface area contributed by atoms with Crippen molar-refractivity contribution in [3.8, 4) is 0 Å². The minimum atomic E-state index is 0.334. The number of amides is 1. The molecule has 2 aliphatic rings. The second-order valence-corrected chi connectivity index (χ2v) is 7.62. The normalized spacial score (nSPS) is 20.5. The summed E-state index contributed by atoms with van der Waals surface area (Å²) in [5.41, 5.74) is 1.31. The molecule has 1 unspecified atom stereocenters. The number of hydrogen-bond donors (Lipinski definition) is 0. The Labute approximate surface area is 147 Å². The van der Waals surface area contributed by atoms with E-state index < -0.39 is 0 Å². The van der Waals surface area contributed by atoms with Crippen LogP contribution in [-0.4, -0.2) is 41.4 Å². The van der Waals surface area contributed by atoms with E-state index in [-0.39, 0.29) is 0 Å². The largest absolute Gasteiger partial charge is 0.342 e. The van der Waals surface area contributed by atoms with Gasteiger partial charge < -0.3 is 4.90 Å². The fourth-order valence-corrected chi connectivity index (χ4v) is 3.81. The van der Waals surface area contributed by atoms with Crippen LogP contribution in [0.15, 0.2) is 30.3 Å². The number of likely N-dealkylation sites (tertiary alicyclic amines) is 1. The van der Waals surface area contributed by atoms with Crippen LogP contribution in [0.3, 0.4) is 0 Å². The molecule has 1 aliphatic carbocycles. The summed E-state index contributed by atoms with van der Waals surface area (Å²) in [5, 5.41) is 0. The second-order valence-electron chi connectivity index (χ2n) is 7.62. The summed E-state index contributed by atoms with van der Waals surface area (Å²) < 4.78 is 0. The molecule has 24 heavy (non-hydrogen) atoms. The average Bonchev–Trinajstić information content (AvgIpc) is 3.39. The monoisotopic (exact) mass is 328 g/mol. The molecule has 1 heterocycles. The van der Waals surface area contributed by atoms with Crippen LogP contribution >= 0.6 is 0 Å². The van der Waals surface area contributed by atoms with Gasteiger partial charge in [0.2, 0.25) is 5.91 Å². The third kappa shape index (κ3) is 5.07. The van der Waals surface area contributed by atoms with E-state index in [1.54, 1.807) is 0 Å². The zero-order chi connectivity index (χ0) is 16.8. The lowest BCUT2D eigenvalue weighted by atomic mass is 10.1. The minimum absolute atomic E-state index is 0.334. The van der Waals surface area contributed by atoms with Crippen LogP contribution in [0.4, 0.5) is 0 Å². The first-order chi connectivity index (χ1) is 11.7. The Kier molecular flexibility index (Phi) is 6.30. The van der Waals surface area contributed by atoms with Gasteiger partial charge in [-0.3, -0.25) is 9.69 Å². The van der Waals surface area contributed by atoms with Crippen LogP contribution in [0.5, 0.6) is 0 Å². The van der Waals surface area contributed by atoms with Gasteiger partial charge in [-0.05, 0) is 44.1 Å². The fourth-order valence-electron chi connectivity index (χ4n) is 3.81. The summed E-state index contributed by atoms with van der Waals surface area (Å²) in [4.78, 5) is 17.4. The fraction of sp³-hybridized carbons (Fsp3) is 0.667. The molecule has 0 radical (unpaired) electrons. The van der Waals surface area contributed by atoms with Gasteiger partial charge >= 0.3 is 0 Å². The Balaban J connectivity index is 1.62. The number of carbonyl (C=O) groups excluding carboxylic acids is 1. The van der Waals surface area contributed by atoms with Gasteiger partial charge in [-0.2, -0.15) is 0 Å². The molecule has 1 aliphatic heterocycles. The molecule has 1 saturated heterocycles. The van der Waals surface area contributed by atoms with E-state index in [0.717, 1.165) is 25.6 Å². The van der Waals surface area contributed by atoms with Gasteiger partial charge in [0.15, 0.2) is 0 Å². The average molecular weight is 328 g/mol. The zero-order valence-corrected chi connectivity index (χ0v) is 15.1. The van der Waals surface area contributed by atoms with Gasteiger partial charge in [-0.25, -0.2) is 0 Å². The summed E-state index contributed by atoms with van der Waals surface area (Å²) in [6, 6.07) is 11.1. The Bertz CT molecular complexity index is 504. The van der Waals surface area contributed by atoms with E-state index in [0.29, 0.717) is 18.5 Å². The van der Waals surface area contributed by atoms with Gasteiger partial charge in [-0.1, -0.05) is 49.6 Å². The first-order valence-corrected chi connectivity index (χ1v) is 9.80. The molecule has 1 aromatic rings. The van der Waals surface area contributed by atoms with Crippen LogP contribution in [0.1, 0.15) is 57.4 Å². The van der Waals surface area contributed by atoms with Crippen molar-refractivity contribution in [2.45, 2.75) is 64.5 Å². The van der Waals surface area contributed by atoms with Crippen LogP contribution in [0.25, 0.3) is 0 Å². The van der Waals surface area contributed by atoms with Crippen molar-refractivity contribution in [3.63, 3.8) is 0 Å². The number of carbonyl (C=O) groups is 1. The second kappa shape index (κ2) is 8.66. The molecule has 1 aromatic carbocycles. The summed E-state index contributed by atoms with van der Waals surface area (Å²) in [7, 11) is 0. The molecule has 0 spiro atoms. The zero-order valence-electron chi connectivity index (χ0n) is 15.1. The predicted octanol–water partition coefficient (Wildman–Crippen LogP) is 4.08. The van der Waals surface area contributed by atoms with Crippen molar-refractivity contribution in [2.24, 2.45) is 5.92 Å². The van der Waals surface area contributed by atoms with Gasteiger partial charge in [0.1, 0.15) is 0 Å². The molecule has 3 nitrogen and oxygen atoms in total. The predicted molar refractivity (Wildman–Crippen MR) is 98.7 cm³/mol. The Morgan fingerprint density at radius 3 is 2.33 bits per heavy atom. The van der Waals surface area contributed by atoms with Crippen molar-refractivity contribution in [1.29, 1.82) is 0 Å². The molecule has 1 saturated carbocycles. The lowest BCUT2D eigenvalue weighted by molar-refractivity contribution is -0.133. The highest BCUT2D eigenvalue weighted by Crippen LogP contribution is 2.35. The van der Waals surface area contributed by atoms with Crippen molar-refractivity contribution in [2.75, 3.05) is 19.6 Å². The van der Waals surface area contributed by atoms with E-state index >= 15 is 0 Å². The summed E-state index contributed by atoms with van der Waals surface area (Å²) in [6.07, 6.45) is 8.87. The number of hydrogen-bond acceptors (Lipinski definition) is 2. The maximum Gasteiger partial charge on any atom is 0.236 e. The Morgan fingerprint density at radius 2 is 1.71 bits per heavy atom. The van der Waals surface area contributed by atoms with Gasteiger partial charge in [0, 0.05) is 25.7 Å². The third-order valence-electron chi connectivity index (χ3n) is 5.66. The first-order valence-electron chi connectivity index (χ1n) is 9.80. The van der Waals surface area contributed by atoms with Crippen molar-refractivity contribution >= 4 is 5.91 Å². The number of benzene rings is 1. The van der Waals surface area contributed by atoms with Crippen LogP contribution in [0, 0.1) is 5.92 Å².